The Morgan fingerprint density at radius 3 is 3.15 bits per heavy atom. The number of Topliss-reactive ketones (excluding diaryl/α,β-unsaturated/α-hetero) is 1. The Hall–Kier alpha value is -1.79. The lowest BCUT2D eigenvalue weighted by atomic mass is 10.0. The minimum absolute atomic E-state index is 0.0496. The SMILES string of the molecule is C#Cc1ccc2c(c1)[N]NCC2=O. The van der Waals surface area contributed by atoms with Crippen molar-refractivity contribution in [3.63, 3.8) is 0 Å². The van der Waals surface area contributed by atoms with Crippen LogP contribution in [0.1, 0.15) is 15.9 Å². The number of nitrogens with zero attached hydrogens (tertiary/aromatic N) is 1. The molecular weight excluding hydrogens is 164 g/mol. The van der Waals surface area contributed by atoms with Crippen molar-refractivity contribution in [3.8, 4) is 12.3 Å². The lowest BCUT2D eigenvalue weighted by Gasteiger charge is -2.14. The van der Waals surface area contributed by atoms with E-state index >= 15 is 0 Å². The van der Waals surface area contributed by atoms with Gasteiger partial charge in [0.1, 0.15) is 0 Å². The average molecular weight is 171 g/mol. The van der Waals surface area contributed by atoms with Gasteiger partial charge in [0, 0.05) is 11.1 Å². The number of fused-ring (bicyclic) bond motifs is 1. The predicted molar refractivity (Wildman–Crippen MR) is 48.5 cm³/mol. The van der Waals surface area contributed by atoms with Crippen LogP contribution in [0, 0.1) is 12.3 Å². The van der Waals surface area contributed by atoms with E-state index in [-0.39, 0.29) is 12.3 Å². The van der Waals surface area contributed by atoms with Gasteiger partial charge in [0.05, 0.1) is 12.2 Å². The van der Waals surface area contributed by atoms with Crippen LogP contribution in [0.2, 0.25) is 0 Å². The Bertz CT molecular complexity index is 404. The largest absolute Gasteiger partial charge is 0.293 e. The number of terminal acetylenes is 1. The normalized spacial score (nSPS) is 14.2. The molecule has 0 aliphatic carbocycles. The minimum atomic E-state index is 0.0496. The molecule has 3 heteroatoms. The summed E-state index contributed by atoms with van der Waals surface area (Å²) < 4.78 is 0. The molecule has 0 unspecified atom stereocenters. The van der Waals surface area contributed by atoms with Crippen molar-refractivity contribution in [2.75, 3.05) is 6.54 Å². The quantitative estimate of drug-likeness (QED) is 0.581. The topological polar surface area (TPSA) is 43.2 Å². The van der Waals surface area contributed by atoms with E-state index in [0.29, 0.717) is 11.3 Å². The molecule has 0 aromatic heterocycles. The first-order valence-electron chi connectivity index (χ1n) is 3.89. The third-order valence-electron chi connectivity index (χ3n) is 1.90. The Kier molecular flexibility index (Phi) is 1.76. The first-order chi connectivity index (χ1) is 6.31. The molecule has 1 heterocycles. The van der Waals surface area contributed by atoms with Crippen LogP contribution < -0.4 is 10.9 Å². The number of nitrogens with one attached hydrogen (secondary N) is 1. The molecule has 1 N–H and O–H groups in total. The fourth-order valence-corrected chi connectivity index (χ4v) is 1.24. The van der Waals surface area contributed by atoms with Crippen LogP contribution >= 0.6 is 0 Å². The molecule has 0 amide bonds. The van der Waals surface area contributed by atoms with Crippen molar-refractivity contribution in [2.24, 2.45) is 0 Å². The molecule has 3 nitrogen and oxygen atoms in total. The molecule has 0 saturated heterocycles. The summed E-state index contributed by atoms with van der Waals surface area (Å²) in [5.41, 5.74) is 8.64. The van der Waals surface area contributed by atoms with Gasteiger partial charge in [0.2, 0.25) is 0 Å². The van der Waals surface area contributed by atoms with Gasteiger partial charge in [-0.25, -0.2) is 10.9 Å². The predicted octanol–water partition coefficient (Wildman–Crippen LogP) is 0.605. The van der Waals surface area contributed by atoms with Crippen LogP contribution in [-0.2, 0) is 0 Å². The molecule has 0 bridgehead atoms. The molecule has 1 aliphatic heterocycles. The van der Waals surface area contributed by atoms with Crippen molar-refractivity contribution >= 4 is 11.5 Å². The Morgan fingerprint density at radius 2 is 2.38 bits per heavy atom. The highest BCUT2D eigenvalue weighted by Gasteiger charge is 2.17. The standard InChI is InChI=1S/C10H7N2O/c1-2-7-3-4-8-9(5-7)12-11-6-10(8)13/h1,3-5,11H,6H2. The van der Waals surface area contributed by atoms with Gasteiger partial charge in [0.15, 0.2) is 5.78 Å². The van der Waals surface area contributed by atoms with E-state index in [4.69, 9.17) is 6.42 Å². The molecule has 1 aliphatic rings. The smallest absolute Gasteiger partial charge is 0.180 e. The summed E-state index contributed by atoms with van der Waals surface area (Å²) in [6.07, 6.45) is 5.22. The maximum absolute atomic E-state index is 11.3. The molecule has 13 heavy (non-hydrogen) atoms. The molecule has 0 atom stereocenters. The van der Waals surface area contributed by atoms with Crippen LogP contribution in [0.5, 0.6) is 0 Å². The van der Waals surface area contributed by atoms with Gasteiger partial charge < -0.3 is 0 Å². The number of hydrogen-bond donors (Lipinski definition) is 1. The summed E-state index contributed by atoms with van der Waals surface area (Å²) in [7, 11) is 0. The van der Waals surface area contributed by atoms with Gasteiger partial charge in [-0.3, -0.25) is 4.79 Å². The highest BCUT2D eigenvalue weighted by Crippen LogP contribution is 2.19. The van der Waals surface area contributed by atoms with Crippen LogP contribution in [-0.4, -0.2) is 12.3 Å². The van der Waals surface area contributed by atoms with Crippen LogP contribution in [0.25, 0.3) is 0 Å². The highest BCUT2D eigenvalue weighted by molar-refractivity contribution is 6.02. The van der Waals surface area contributed by atoms with E-state index in [1.54, 1.807) is 18.2 Å². The fraction of sp³-hybridized carbons (Fsp3) is 0.100. The summed E-state index contributed by atoms with van der Waals surface area (Å²) >= 11 is 0. The minimum Gasteiger partial charge on any atom is -0.293 e. The maximum atomic E-state index is 11.3. The molecular formula is C10H7N2O. The third kappa shape index (κ3) is 1.28. The second-order valence-electron chi connectivity index (χ2n) is 2.75. The highest BCUT2D eigenvalue weighted by atomic mass is 16.1. The average Bonchev–Trinajstić information content (AvgIpc) is 2.18. The van der Waals surface area contributed by atoms with Crippen molar-refractivity contribution < 1.29 is 4.79 Å². The van der Waals surface area contributed by atoms with Gasteiger partial charge in [-0.2, -0.15) is 0 Å². The van der Waals surface area contributed by atoms with Gasteiger partial charge in [-0.05, 0) is 18.2 Å². The van der Waals surface area contributed by atoms with Crippen LogP contribution in [0.3, 0.4) is 0 Å². The summed E-state index contributed by atoms with van der Waals surface area (Å²) in [6.45, 7) is 0.266. The zero-order valence-electron chi connectivity index (χ0n) is 6.87. The third-order valence-corrected chi connectivity index (χ3v) is 1.90. The molecule has 1 aromatic rings. The Morgan fingerprint density at radius 1 is 1.54 bits per heavy atom. The first kappa shape index (κ1) is 7.84. The second-order valence-corrected chi connectivity index (χ2v) is 2.75. The van der Waals surface area contributed by atoms with Gasteiger partial charge in [-0.1, -0.05) is 5.92 Å². The number of rotatable bonds is 0. The van der Waals surface area contributed by atoms with E-state index in [2.05, 4.69) is 16.8 Å². The van der Waals surface area contributed by atoms with Crippen molar-refractivity contribution in [1.82, 2.24) is 10.9 Å². The van der Waals surface area contributed by atoms with E-state index in [1.165, 1.54) is 0 Å². The zero-order chi connectivity index (χ0) is 9.26. The van der Waals surface area contributed by atoms with Gasteiger partial charge in [-0.15, -0.1) is 6.42 Å². The number of carbonyl (C=O) groups is 1. The second kappa shape index (κ2) is 2.92. The molecule has 0 fully saturated rings. The molecule has 0 spiro atoms. The van der Waals surface area contributed by atoms with Crippen molar-refractivity contribution in [1.29, 1.82) is 0 Å². The van der Waals surface area contributed by atoms with Gasteiger partial charge >= 0.3 is 0 Å². The number of hydrogen-bond acceptors (Lipinski definition) is 2. The summed E-state index contributed by atoms with van der Waals surface area (Å²) in [5, 5.41) is 0. The number of ketones is 1. The van der Waals surface area contributed by atoms with E-state index in [9.17, 15) is 4.79 Å². The number of carbonyl (C=O) groups excluding carboxylic acids is 1. The summed E-state index contributed by atoms with van der Waals surface area (Å²) in [4.78, 5) is 11.3. The lowest BCUT2D eigenvalue weighted by Crippen LogP contribution is -2.33. The molecule has 2 rings (SSSR count). The Balaban J connectivity index is 2.53. The van der Waals surface area contributed by atoms with E-state index in [1.807, 2.05) is 0 Å². The number of benzene rings is 1. The zero-order valence-corrected chi connectivity index (χ0v) is 6.87. The van der Waals surface area contributed by atoms with Crippen LogP contribution in [0.4, 0.5) is 5.69 Å². The maximum Gasteiger partial charge on any atom is 0.180 e. The Labute approximate surface area is 76.1 Å². The molecule has 0 saturated carbocycles. The summed E-state index contributed by atoms with van der Waals surface area (Å²) in [5.74, 6) is 2.54. The summed E-state index contributed by atoms with van der Waals surface area (Å²) in [6, 6.07) is 5.19. The fourth-order valence-electron chi connectivity index (χ4n) is 1.24. The van der Waals surface area contributed by atoms with Crippen LogP contribution in [0.15, 0.2) is 18.2 Å². The van der Waals surface area contributed by atoms with Crippen molar-refractivity contribution in [3.05, 3.63) is 29.3 Å². The van der Waals surface area contributed by atoms with Gasteiger partial charge in [0.25, 0.3) is 0 Å². The monoisotopic (exact) mass is 171 g/mol. The molecule has 1 aromatic carbocycles. The van der Waals surface area contributed by atoms with E-state index < -0.39 is 0 Å². The van der Waals surface area contributed by atoms with Crippen molar-refractivity contribution in [2.45, 2.75) is 0 Å². The first-order valence-corrected chi connectivity index (χ1v) is 3.89. The molecule has 63 valence electrons. The van der Waals surface area contributed by atoms with E-state index in [0.717, 1.165) is 5.56 Å². The lowest BCUT2D eigenvalue weighted by molar-refractivity contribution is 0.0980. The molecule has 1 radical (unpaired) electrons.